The van der Waals surface area contributed by atoms with Gasteiger partial charge in [-0.1, -0.05) is 6.07 Å². The number of nitrogens with zero attached hydrogens (tertiary/aromatic N) is 4. The van der Waals surface area contributed by atoms with E-state index in [1.165, 1.54) is 0 Å². The average molecular weight is 415 g/mol. The second kappa shape index (κ2) is 8.71. The molecule has 31 heavy (non-hydrogen) atoms. The summed E-state index contributed by atoms with van der Waals surface area (Å²) in [7, 11) is 1.79. The molecule has 8 nitrogen and oxygen atoms in total. The van der Waals surface area contributed by atoms with Crippen LogP contribution in [0.5, 0.6) is 5.75 Å². The van der Waals surface area contributed by atoms with E-state index >= 15 is 0 Å². The van der Waals surface area contributed by atoms with Crippen LogP contribution >= 0.6 is 0 Å². The topological polar surface area (TPSA) is 106 Å². The molecule has 0 aliphatic heterocycles. The number of ether oxygens (including phenoxy) is 1. The van der Waals surface area contributed by atoms with Crippen LogP contribution in [0.15, 0.2) is 53.1 Å². The maximum Gasteiger partial charge on any atom is 0.256 e. The summed E-state index contributed by atoms with van der Waals surface area (Å²) in [4.78, 5) is 17.9. The van der Waals surface area contributed by atoms with Crippen LogP contribution in [0, 0.1) is 18.3 Å². The lowest BCUT2D eigenvalue weighted by molar-refractivity contribution is 0.102. The van der Waals surface area contributed by atoms with Gasteiger partial charge in [-0.3, -0.25) is 9.48 Å². The van der Waals surface area contributed by atoms with Crippen molar-refractivity contribution in [2.24, 2.45) is 7.05 Å². The maximum absolute atomic E-state index is 13.2. The van der Waals surface area contributed by atoms with Gasteiger partial charge in [0.05, 0.1) is 35.6 Å². The first kappa shape index (κ1) is 20.2. The Morgan fingerprint density at radius 2 is 2.16 bits per heavy atom. The van der Waals surface area contributed by atoms with Crippen molar-refractivity contribution < 1.29 is 13.9 Å². The number of pyridine rings is 1. The van der Waals surface area contributed by atoms with Gasteiger partial charge in [0.25, 0.3) is 5.91 Å². The summed E-state index contributed by atoms with van der Waals surface area (Å²) in [6.07, 6.45) is 2.66. The van der Waals surface area contributed by atoms with Crippen molar-refractivity contribution in [1.29, 1.82) is 5.26 Å². The Hall–Kier alpha value is -4.12. The molecule has 0 unspecified atom stereocenters. The number of unbranched alkanes of at least 4 members (excludes halogenated alkanes) is 1. The number of carbonyl (C=O) groups excluding carboxylic acids is 1. The van der Waals surface area contributed by atoms with Gasteiger partial charge in [0.2, 0.25) is 0 Å². The van der Waals surface area contributed by atoms with Gasteiger partial charge in [-0.2, -0.15) is 10.4 Å². The lowest BCUT2D eigenvalue weighted by Crippen LogP contribution is -2.13. The number of hydrogen-bond acceptors (Lipinski definition) is 6. The highest BCUT2D eigenvalue weighted by atomic mass is 16.5. The van der Waals surface area contributed by atoms with Gasteiger partial charge >= 0.3 is 0 Å². The van der Waals surface area contributed by atoms with Gasteiger partial charge < -0.3 is 14.5 Å². The third-order valence-electron chi connectivity index (χ3n) is 4.78. The van der Waals surface area contributed by atoms with Gasteiger partial charge in [-0.05, 0) is 43.7 Å². The summed E-state index contributed by atoms with van der Waals surface area (Å²) in [5.74, 6) is 0.921. The molecule has 0 saturated carbocycles. The minimum absolute atomic E-state index is 0.280. The Morgan fingerprint density at radius 1 is 1.29 bits per heavy atom. The van der Waals surface area contributed by atoms with Crippen molar-refractivity contribution in [3.8, 4) is 23.3 Å². The molecule has 8 heteroatoms. The molecule has 0 aliphatic rings. The van der Waals surface area contributed by atoms with E-state index in [-0.39, 0.29) is 5.91 Å². The summed E-state index contributed by atoms with van der Waals surface area (Å²) >= 11 is 0. The van der Waals surface area contributed by atoms with E-state index in [4.69, 9.17) is 14.4 Å². The van der Waals surface area contributed by atoms with E-state index in [1.807, 2.05) is 13.0 Å². The number of amides is 1. The fraction of sp³-hybridized carbons (Fsp3) is 0.217. The zero-order valence-corrected chi connectivity index (χ0v) is 17.3. The van der Waals surface area contributed by atoms with Crippen LogP contribution in [0.4, 0.5) is 5.69 Å². The van der Waals surface area contributed by atoms with Gasteiger partial charge in [-0.15, -0.1) is 0 Å². The highest BCUT2D eigenvalue weighted by molar-refractivity contribution is 6.13. The van der Waals surface area contributed by atoms with Gasteiger partial charge in [0.15, 0.2) is 11.4 Å². The smallest absolute Gasteiger partial charge is 0.256 e. The second-order valence-corrected chi connectivity index (χ2v) is 7.03. The van der Waals surface area contributed by atoms with Crippen molar-refractivity contribution in [2.45, 2.75) is 19.8 Å². The summed E-state index contributed by atoms with van der Waals surface area (Å²) in [6, 6.07) is 14.5. The van der Waals surface area contributed by atoms with E-state index in [1.54, 1.807) is 54.4 Å². The monoisotopic (exact) mass is 415 g/mol. The third kappa shape index (κ3) is 4.26. The molecule has 0 bridgehead atoms. The van der Waals surface area contributed by atoms with Crippen LogP contribution in [-0.2, 0) is 7.05 Å². The van der Waals surface area contributed by atoms with Crippen LogP contribution in [0.1, 0.15) is 28.9 Å². The SMILES string of the molecule is Cc1nn(C)c2nc(-c3ccco3)cc(C(=O)Nc3cccc(OCCCC#N)c3)c12. The summed E-state index contributed by atoms with van der Waals surface area (Å²) in [5.41, 5.74) is 2.94. The Morgan fingerprint density at radius 3 is 2.94 bits per heavy atom. The average Bonchev–Trinajstić information content (AvgIpc) is 3.40. The predicted octanol–water partition coefficient (Wildman–Crippen LogP) is 4.47. The molecule has 0 aliphatic carbocycles. The molecule has 4 aromatic rings. The number of anilines is 1. The molecule has 3 aromatic heterocycles. The normalized spacial score (nSPS) is 10.7. The van der Waals surface area contributed by atoms with Crippen LogP contribution < -0.4 is 10.1 Å². The number of nitrogens with one attached hydrogen (secondary N) is 1. The number of carbonyl (C=O) groups is 1. The minimum Gasteiger partial charge on any atom is -0.493 e. The lowest BCUT2D eigenvalue weighted by atomic mass is 10.1. The lowest BCUT2D eigenvalue weighted by Gasteiger charge is -2.10. The summed E-state index contributed by atoms with van der Waals surface area (Å²) in [6.45, 7) is 2.29. The number of rotatable bonds is 7. The molecule has 3 heterocycles. The number of hydrogen-bond donors (Lipinski definition) is 1. The zero-order valence-electron chi connectivity index (χ0n) is 17.3. The molecule has 0 saturated heterocycles. The Bertz CT molecular complexity index is 1270. The Kier molecular flexibility index (Phi) is 5.67. The molecule has 0 atom stereocenters. The first-order valence-corrected chi connectivity index (χ1v) is 9.86. The maximum atomic E-state index is 13.2. The van der Waals surface area contributed by atoms with Crippen molar-refractivity contribution in [3.63, 3.8) is 0 Å². The molecule has 0 spiro atoms. The minimum atomic E-state index is -0.280. The highest BCUT2D eigenvalue weighted by Crippen LogP contribution is 2.28. The number of nitriles is 1. The molecule has 4 rings (SSSR count). The summed E-state index contributed by atoms with van der Waals surface area (Å²) in [5, 5.41) is 16.7. The Balaban J connectivity index is 1.64. The molecule has 156 valence electrons. The molecule has 1 N–H and O–H groups in total. The van der Waals surface area contributed by atoms with E-state index < -0.39 is 0 Å². The van der Waals surface area contributed by atoms with E-state index in [0.29, 0.717) is 58.9 Å². The molecule has 1 amide bonds. The van der Waals surface area contributed by atoms with Gasteiger partial charge in [-0.25, -0.2) is 4.98 Å². The second-order valence-electron chi connectivity index (χ2n) is 7.03. The highest BCUT2D eigenvalue weighted by Gasteiger charge is 2.20. The number of aromatic nitrogens is 3. The largest absolute Gasteiger partial charge is 0.493 e. The first-order valence-electron chi connectivity index (χ1n) is 9.86. The zero-order chi connectivity index (χ0) is 21.8. The number of fused-ring (bicyclic) bond motifs is 1. The van der Waals surface area contributed by atoms with E-state index in [0.717, 1.165) is 5.69 Å². The van der Waals surface area contributed by atoms with Crippen molar-refractivity contribution in [3.05, 3.63) is 60.0 Å². The number of aryl methyl sites for hydroxylation is 2. The summed E-state index contributed by atoms with van der Waals surface area (Å²) < 4.78 is 12.8. The van der Waals surface area contributed by atoms with Crippen molar-refractivity contribution >= 4 is 22.6 Å². The van der Waals surface area contributed by atoms with E-state index in [2.05, 4.69) is 21.5 Å². The van der Waals surface area contributed by atoms with Crippen LogP contribution in [0.3, 0.4) is 0 Å². The van der Waals surface area contributed by atoms with Crippen LogP contribution in [-0.4, -0.2) is 27.3 Å². The molecule has 0 fully saturated rings. The van der Waals surface area contributed by atoms with E-state index in [9.17, 15) is 4.79 Å². The number of furan rings is 1. The molecular formula is C23H21N5O3. The molecule has 0 radical (unpaired) electrons. The van der Waals surface area contributed by atoms with Crippen LogP contribution in [0.2, 0.25) is 0 Å². The first-order chi connectivity index (χ1) is 15.1. The third-order valence-corrected chi connectivity index (χ3v) is 4.78. The molecule has 1 aromatic carbocycles. The fourth-order valence-electron chi connectivity index (χ4n) is 3.38. The molecular weight excluding hydrogens is 394 g/mol. The van der Waals surface area contributed by atoms with Gasteiger partial charge in [0, 0.05) is 25.2 Å². The number of benzene rings is 1. The van der Waals surface area contributed by atoms with Crippen LogP contribution in [0.25, 0.3) is 22.5 Å². The van der Waals surface area contributed by atoms with Crippen molar-refractivity contribution in [2.75, 3.05) is 11.9 Å². The van der Waals surface area contributed by atoms with Gasteiger partial charge in [0.1, 0.15) is 11.4 Å². The predicted molar refractivity (Wildman–Crippen MR) is 116 cm³/mol. The van der Waals surface area contributed by atoms with Crippen molar-refractivity contribution in [1.82, 2.24) is 14.8 Å². The Labute approximate surface area is 179 Å². The quantitative estimate of drug-likeness (QED) is 0.446. The standard InChI is InChI=1S/C23H21N5O3/c1-15-21-18(14-19(20-9-6-12-31-20)26-22(21)28(2)27-15)23(29)25-16-7-5-8-17(13-16)30-11-4-3-10-24/h5-9,12-14H,3-4,11H2,1-2H3,(H,25,29). The fourth-order valence-corrected chi connectivity index (χ4v) is 3.38.